The normalized spacial score (nSPS) is 18.2. The van der Waals surface area contributed by atoms with Crippen LogP contribution in [0.3, 0.4) is 0 Å². The largest absolute Gasteiger partial charge is 0.450 e. The molecule has 2 amide bonds. The zero-order chi connectivity index (χ0) is 20.6. The van der Waals surface area contributed by atoms with Crippen molar-refractivity contribution in [2.45, 2.75) is 51.7 Å². The molecule has 0 atom stereocenters. The van der Waals surface area contributed by atoms with Crippen LogP contribution in [0.25, 0.3) is 0 Å². The molecule has 3 N–H and O–H groups in total. The van der Waals surface area contributed by atoms with Gasteiger partial charge in [-0.05, 0) is 37.3 Å². The maximum Gasteiger partial charge on any atom is 0.409 e. The zero-order valence-electron chi connectivity index (χ0n) is 17.1. The second kappa shape index (κ2) is 10.1. The van der Waals surface area contributed by atoms with Crippen molar-refractivity contribution in [3.63, 3.8) is 0 Å². The average molecular weight is 402 g/mol. The summed E-state index contributed by atoms with van der Waals surface area (Å²) >= 11 is 0. The minimum Gasteiger partial charge on any atom is -0.450 e. The van der Waals surface area contributed by atoms with Gasteiger partial charge < -0.3 is 25.6 Å². The van der Waals surface area contributed by atoms with Crippen LogP contribution in [0.5, 0.6) is 0 Å². The SMILES string of the molecule is CCOC(=O)N1CCC(NC(N)=NCc2ccccc2CN2CCCC2=O)CC1. The van der Waals surface area contributed by atoms with Crippen LogP contribution in [0, 0.1) is 0 Å². The number of likely N-dealkylation sites (tertiary alicyclic amines) is 2. The van der Waals surface area contributed by atoms with Crippen molar-refractivity contribution in [2.75, 3.05) is 26.2 Å². The van der Waals surface area contributed by atoms with Gasteiger partial charge in [0.2, 0.25) is 5.91 Å². The third-order valence-corrected chi connectivity index (χ3v) is 5.44. The van der Waals surface area contributed by atoms with Gasteiger partial charge in [-0.15, -0.1) is 0 Å². The fraction of sp³-hybridized carbons (Fsp3) is 0.571. The molecule has 0 saturated carbocycles. The van der Waals surface area contributed by atoms with Gasteiger partial charge in [0.25, 0.3) is 0 Å². The first kappa shape index (κ1) is 21.0. The van der Waals surface area contributed by atoms with Gasteiger partial charge in [0, 0.05) is 38.6 Å². The Morgan fingerprint density at radius 1 is 1.24 bits per heavy atom. The lowest BCUT2D eigenvalue weighted by atomic mass is 10.1. The molecule has 2 heterocycles. The van der Waals surface area contributed by atoms with Crippen LogP contribution in [-0.4, -0.2) is 60.0 Å². The summed E-state index contributed by atoms with van der Waals surface area (Å²) in [5.41, 5.74) is 8.29. The summed E-state index contributed by atoms with van der Waals surface area (Å²) in [4.78, 5) is 31.8. The van der Waals surface area contributed by atoms with E-state index < -0.39 is 0 Å². The van der Waals surface area contributed by atoms with E-state index in [1.165, 1.54) is 0 Å². The van der Waals surface area contributed by atoms with Gasteiger partial charge >= 0.3 is 6.09 Å². The molecule has 1 aromatic rings. The smallest absolute Gasteiger partial charge is 0.409 e. The minimum atomic E-state index is -0.249. The fourth-order valence-electron chi connectivity index (χ4n) is 3.79. The second-order valence-corrected chi connectivity index (χ2v) is 7.49. The number of piperidine rings is 1. The molecule has 2 aliphatic rings. The van der Waals surface area contributed by atoms with Crippen molar-refractivity contribution in [2.24, 2.45) is 10.7 Å². The highest BCUT2D eigenvalue weighted by Gasteiger charge is 2.24. The quantitative estimate of drug-likeness (QED) is 0.560. The molecule has 0 spiro atoms. The molecule has 0 bridgehead atoms. The number of guanidine groups is 1. The number of carbonyl (C=O) groups excluding carboxylic acids is 2. The highest BCUT2D eigenvalue weighted by atomic mass is 16.6. The van der Waals surface area contributed by atoms with Gasteiger partial charge in [0.1, 0.15) is 0 Å². The second-order valence-electron chi connectivity index (χ2n) is 7.49. The van der Waals surface area contributed by atoms with E-state index in [0.29, 0.717) is 45.2 Å². The van der Waals surface area contributed by atoms with Crippen molar-refractivity contribution in [3.05, 3.63) is 35.4 Å². The molecule has 0 radical (unpaired) electrons. The van der Waals surface area contributed by atoms with Crippen LogP contribution in [0.15, 0.2) is 29.3 Å². The van der Waals surface area contributed by atoms with Crippen LogP contribution >= 0.6 is 0 Å². The first-order chi connectivity index (χ1) is 14.1. The van der Waals surface area contributed by atoms with Gasteiger partial charge in [0.15, 0.2) is 5.96 Å². The van der Waals surface area contributed by atoms with Gasteiger partial charge in [-0.3, -0.25) is 4.79 Å². The lowest BCUT2D eigenvalue weighted by Gasteiger charge is -2.31. The highest BCUT2D eigenvalue weighted by molar-refractivity contribution is 5.78. The molecular weight excluding hydrogens is 370 g/mol. The van der Waals surface area contributed by atoms with E-state index in [0.717, 1.165) is 36.9 Å². The van der Waals surface area contributed by atoms with Crippen LogP contribution in [-0.2, 0) is 22.6 Å². The summed E-state index contributed by atoms with van der Waals surface area (Å²) in [5.74, 6) is 0.630. The van der Waals surface area contributed by atoms with E-state index in [2.05, 4.69) is 10.3 Å². The van der Waals surface area contributed by atoms with Crippen LogP contribution in [0.1, 0.15) is 43.7 Å². The maximum atomic E-state index is 11.9. The molecule has 29 heavy (non-hydrogen) atoms. The Morgan fingerprint density at radius 3 is 2.62 bits per heavy atom. The van der Waals surface area contributed by atoms with E-state index in [4.69, 9.17) is 10.5 Å². The summed E-state index contributed by atoms with van der Waals surface area (Å²) < 4.78 is 5.04. The number of carbonyl (C=O) groups is 2. The van der Waals surface area contributed by atoms with Crippen LogP contribution < -0.4 is 11.1 Å². The molecule has 8 nitrogen and oxygen atoms in total. The molecule has 8 heteroatoms. The number of rotatable bonds is 6. The molecule has 0 aliphatic carbocycles. The number of amides is 2. The van der Waals surface area contributed by atoms with Gasteiger partial charge in [-0.25, -0.2) is 9.79 Å². The van der Waals surface area contributed by atoms with E-state index >= 15 is 0 Å². The zero-order valence-corrected chi connectivity index (χ0v) is 17.1. The molecule has 158 valence electrons. The van der Waals surface area contributed by atoms with E-state index in [1.54, 1.807) is 4.90 Å². The molecule has 0 aromatic heterocycles. The molecule has 2 aliphatic heterocycles. The minimum absolute atomic E-state index is 0.196. The Balaban J connectivity index is 1.50. The molecular formula is C21H31N5O3. The third-order valence-electron chi connectivity index (χ3n) is 5.44. The number of aliphatic imine (C=N–C) groups is 1. The average Bonchev–Trinajstić information content (AvgIpc) is 3.12. The first-order valence-electron chi connectivity index (χ1n) is 10.4. The lowest BCUT2D eigenvalue weighted by molar-refractivity contribution is -0.128. The van der Waals surface area contributed by atoms with E-state index in [1.807, 2.05) is 36.1 Å². The molecule has 3 rings (SSSR count). The number of nitrogens with one attached hydrogen (secondary N) is 1. The number of nitrogens with two attached hydrogens (primary N) is 1. The van der Waals surface area contributed by atoms with E-state index in [-0.39, 0.29) is 18.0 Å². The highest BCUT2D eigenvalue weighted by Crippen LogP contribution is 2.18. The fourth-order valence-corrected chi connectivity index (χ4v) is 3.79. The van der Waals surface area contributed by atoms with Gasteiger partial charge in [0.05, 0.1) is 13.2 Å². The van der Waals surface area contributed by atoms with Crippen molar-refractivity contribution >= 4 is 18.0 Å². The first-order valence-corrected chi connectivity index (χ1v) is 10.4. The molecule has 0 unspecified atom stereocenters. The Morgan fingerprint density at radius 2 is 1.97 bits per heavy atom. The molecule has 1 aromatic carbocycles. The van der Waals surface area contributed by atoms with Crippen LogP contribution in [0.4, 0.5) is 4.79 Å². The molecule has 2 saturated heterocycles. The van der Waals surface area contributed by atoms with Crippen molar-refractivity contribution < 1.29 is 14.3 Å². The Labute approximate surface area is 172 Å². The standard InChI is InChI=1S/C21H31N5O3/c1-2-29-21(28)25-12-9-18(10-13-25)24-20(22)23-14-16-6-3-4-7-17(16)15-26-11-5-8-19(26)27/h3-4,6-7,18H,2,5,8-15H2,1H3,(H3,22,23,24). The van der Waals surface area contributed by atoms with Gasteiger partial charge in [-0.1, -0.05) is 24.3 Å². The number of nitrogens with zero attached hydrogens (tertiary/aromatic N) is 3. The number of benzene rings is 1. The van der Waals surface area contributed by atoms with Crippen molar-refractivity contribution in [1.82, 2.24) is 15.1 Å². The summed E-state index contributed by atoms with van der Waals surface area (Å²) in [6.07, 6.45) is 2.95. The number of hydrogen-bond acceptors (Lipinski definition) is 4. The summed E-state index contributed by atoms with van der Waals surface area (Å²) in [7, 11) is 0. The topological polar surface area (TPSA) is 100 Å². The number of ether oxygens (including phenoxy) is 1. The summed E-state index contributed by atoms with van der Waals surface area (Å²) in [6.45, 7) is 5.43. The van der Waals surface area contributed by atoms with E-state index in [9.17, 15) is 9.59 Å². The molecule has 2 fully saturated rings. The van der Waals surface area contributed by atoms with Crippen molar-refractivity contribution in [1.29, 1.82) is 0 Å². The Bertz CT molecular complexity index is 744. The lowest BCUT2D eigenvalue weighted by Crippen LogP contribution is -2.48. The Kier molecular flexibility index (Phi) is 7.32. The Hall–Kier alpha value is -2.77. The van der Waals surface area contributed by atoms with Crippen molar-refractivity contribution in [3.8, 4) is 0 Å². The number of hydrogen-bond donors (Lipinski definition) is 2. The van der Waals surface area contributed by atoms with Crippen LogP contribution in [0.2, 0.25) is 0 Å². The van der Waals surface area contributed by atoms with Gasteiger partial charge in [-0.2, -0.15) is 0 Å². The monoisotopic (exact) mass is 401 g/mol. The third kappa shape index (κ3) is 5.85. The predicted octanol–water partition coefficient (Wildman–Crippen LogP) is 1.83. The summed E-state index contributed by atoms with van der Waals surface area (Å²) in [6, 6.07) is 8.24. The maximum absolute atomic E-state index is 11.9. The summed E-state index contributed by atoms with van der Waals surface area (Å²) in [5, 5.41) is 3.26. The predicted molar refractivity (Wildman–Crippen MR) is 111 cm³/mol.